The van der Waals surface area contributed by atoms with Gasteiger partial charge in [-0.05, 0) is 30.7 Å². The minimum Gasteiger partial charge on any atom is -0.479 e. The third kappa shape index (κ3) is 3.06. The second-order valence-corrected chi connectivity index (χ2v) is 8.20. The number of nitrogens with zero attached hydrogens (tertiary/aromatic N) is 1. The number of aliphatic hydroxyl groups is 1. The van der Waals surface area contributed by atoms with Crippen molar-refractivity contribution in [2.24, 2.45) is 0 Å². The van der Waals surface area contributed by atoms with E-state index in [9.17, 15) is 23.1 Å². The van der Waals surface area contributed by atoms with Gasteiger partial charge in [-0.3, -0.25) is 4.79 Å². The van der Waals surface area contributed by atoms with Gasteiger partial charge in [-0.1, -0.05) is 0 Å². The number of hydrogen-bond donors (Lipinski definition) is 3. The van der Waals surface area contributed by atoms with Crippen LogP contribution < -0.4 is 5.56 Å². The van der Waals surface area contributed by atoms with Crippen molar-refractivity contribution in [2.45, 2.75) is 30.3 Å². The summed E-state index contributed by atoms with van der Waals surface area (Å²) in [4.78, 5) is 25.3. The number of sulfonamides is 1. The van der Waals surface area contributed by atoms with Gasteiger partial charge in [0.05, 0.1) is 4.90 Å². The first kappa shape index (κ1) is 17.6. The SMILES string of the molecule is Cc1cc(=O)[nH]c2ccc(S(=O)(=O)N3CCC(O)(C(=O)O)CC3)cc12. The molecule has 2 heterocycles. The topological polar surface area (TPSA) is 128 Å². The van der Waals surface area contributed by atoms with Crippen molar-refractivity contribution < 1.29 is 23.4 Å². The fourth-order valence-electron chi connectivity index (χ4n) is 3.02. The van der Waals surface area contributed by atoms with Crippen LogP contribution in [0.5, 0.6) is 0 Å². The van der Waals surface area contributed by atoms with E-state index in [2.05, 4.69) is 4.98 Å². The lowest BCUT2D eigenvalue weighted by Gasteiger charge is -2.34. The lowest BCUT2D eigenvalue weighted by Crippen LogP contribution is -2.50. The second kappa shape index (κ2) is 5.94. The van der Waals surface area contributed by atoms with Crippen molar-refractivity contribution in [3.05, 3.63) is 40.2 Å². The molecule has 2 aromatic rings. The lowest BCUT2D eigenvalue weighted by molar-refractivity contribution is -0.162. The van der Waals surface area contributed by atoms with Crippen molar-refractivity contribution in [1.29, 1.82) is 0 Å². The number of carboxylic acid groups (broad SMARTS) is 1. The van der Waals surface area contributed by atoms with Crippen LogP contribution in [0.4, 0.5) is 0 Å². The molecule has 0 amide bonds. The van der Waals surface area contributed by atoms with Gasteiger partial charge in [0, 0.05) is 42.9 Å². The first-order chi connectivity index (χ1) is 11.6. The van der Waals surface area contributed by atoms with Gasteiger partial charge in [0.15, 0.2) is 5.60 Å². The van der Waals surface area contributed by atoms with E-state index in [1.807, 2.05) is 0 Å². The average molecular weight is 366 g/mol. The molecule has 1 fully saturated rings. The highest BCUT2D eigenvalue weighted by Gasteiger charge is 2.42. The summed E-state index contributed by atoms with van der Waals surface area (Å²) >= 11 is 0. The van der Waals surface area contributed by atoms with Gasteiger partial charge < -0.3 is 15.2 Å². The summed E-state index contributed by atoms with van der Waals surface area (Å²) in [5.41, 5.74) is -0.937. The number of nitrogens with one attached hydrogen (secondary N) is 1. The normalized spacial score (nSPS) is 18.3. The van der Waals surface area contributed by atoms with E-state index in [4.69, 9.17) is 5.11 Å². The highest BCUT2D eigenvalue weighted by molar-refractivity contribution is 7.89. The zero-order valence-electron chi connectivity index (χ0n) is 13.5. The molecule has 1 aliphatic heterocycles. The molecule has 0 saturated carbocycles. The Morgan fingerprint density at radius 2 is 1.88 bits per heavy atom. The number of aromatic amines is 1. The van der Waals surface area contributed by atoms with Crippen molar-refractivity contribution in [2.75, 3.05) is 13.1 Å². The van der Waals surface area contributed by atoms with E-state index in [0.717, 1.165) is 0 Å². The molecule has 1 saturated heterocycles. The first-order valence-electron chi connectivity index (χ1n) is 7.73. The Labute approximate surface area is 143 Å². The maximum absolute atomic E-state index is 12.8. The molecule has 3 N–H and O–H groups in total. The molecule has 0 atom stereocenters. The molecule has 1 aromatic heterocycles. The molecule has 1 aliphatic rings. The number of carbonyl (C=O) groups is 1. The summed E-state index contributed by atoms with van der Waals surface area (Å²) in [6.45, 7) is 1.57. The zero-order valence-corrected chi connectivity index (χ0v) is 14.3. The van der Waals surface area contributed by atoms with E-state index < -0.39 is 21.6 Å². The number of aryl methyl sites for hydroxylation is 1. The monoisotopic (exact) mass is 366 g/mol. The van der Waals surface area contributed by atoms with Gasteiger partial charge in [0.2, 0.25) is 15.6 Å². The Hall–Kier alpha value is -2.23. The second-order valence-electron chi connectivity index (χ2n) is 6.26. The number of aromatic nitrogens is 1. The van der Waals surface area contributed by atoms with Crippen LogP contribution in [-0.2, 0) is 14.8 Å². The third-order valence-corrected chi connectivity index (χ3v) is 6.50. The Kier molecular flexibility index (Phi) is 4.18. The number of fused-ring (bicyclic) bond motifs is 1. The Morgan fingerprint density at radius 1 is 1.24 bits per heavy atom. The number of benzene rings is 1. The van der Waals surface area contributed by atoms with Crippen LogP contribution in [0.2, 0.25) is 0 Å². The molecule has 0 aliphatic carbocycles. The van der Waals surface area contributed by atoms with Crippen LogP contribution in [0.25, 0.3) is 10.9 Å². The van der Waals surface area contributed by atoms with Gasteiger partial charge in [0.1, 0.15) is 0 Å². The summed E-state index contributed by atoms with van der Waals surface area (Å²) < 4.78 is 26.8. The number of H-pyrrole nitrogens is 1. The number of aliphatic carboxylic acids is 1. The highest BCUT2D eigenvalue weighted by Crippen LogP contribution is 2.28. The molecule has 25 heavy (non-hydrogen) atoms. The molecule has 9 heteroatoms. The van der Waals surface area contributed by atoms with Crippen molar-refractivity contribution in [1.82, 2.24) is 9.29 Å². The maximum Gasteiger partial charge on any atom is 0.335 e. The number of piperidine rings is 1. The summed E-state index contributed by atoms with van der Waals surface area (Å²) in [5, 5.41) is 19.6. The van der Waals surface area contributed by atoms with E-state index in [1.165, 1.54) is 28.6 Å². The lowest BCUT2D eigenvalue weighted by atomic mass is 9.93. The molecule has 8 nitrogen and oxygen atoms in total. The summed E-state index contributed by atoms with van der Waals surface area (Å²) in [6.07, 6.45) is -0.330. The number of carboxylic acids is 1. The quantitative estimate of drug-likeness (QED) is 0.723. The first-order valence-corrected chi connectivity index (χ1v) is 9.17. The fraction of sp³-hybridized carbons (Fsp3) is 0.375. The molecular formula is C16H18N2O6S. The molecule has 3 rings (SSSR count). The predicted molar refractivity (Wildman–Crippen MR) is 89.9 cm³/mol. The van der Waals surface area contributed by atoms with E-state index >= 15 is 0 Å². The molecule has 134 valence electrons. The molecule has 0 radical (unpaired) electrons. The van der Waals surface area contributed by atoms with Gasteiger partial charge in [0.25, 0.3) is 0 Å². The smallest absolute Gasteiger partial charge is 0.335 e. The van der Waals surface area contributed by atoms with Gasteiger partial charge in [-0.2, -0.15) is 4.31 Å². The molecule has 0 bridgehead atoms. The van der Waals surface area contributed by atoms with Crippen LogP contribution in [0.3, 0.4) is 0 Å². The zero-order chi connectivity index (χ0) is 18.4. The van der Waals surface area contributed by atoms with Crippen LogP contribution in [0.1, 0.15) is 18.4 Å². The molecule has 1 aromatic carbocycles. The number of hydrogen-bond acceptors (Lipinski definition) is 5. The largest absolute Gasteiger partial charge is 0.479 e. The van der Waals surface area contributed by atoms with E-state index in [1.54, 1.807) is 6.92 Å². The highest BCUT2D eigenvalue weighted by atomic mass is 32.2. The average Bonchev–Trinajstić information content (AvgIpc) is 2.54. The van der Waals surface area contributed by atoms with Crippen LogP contribution in [0, 0.1) is 6.92 Å². The fourth-order valence-corrected chi connectivity index (χ4v) is 4.49. The van der Waals surface area contributed by atoms with Crippen molar-refractivity contribution >= 4 is 26.9 Å². The number of rotatable bonds is 3. The summed E-state index contributed by atoms with van der Waals surface area (Å²) in [6, 6.07) is 5.83. The third-order valence-electron chi connectivity index (χ3n) is 4.61. The Morgan fingerprint density at radius 3 is 2.48 bits per heavy atom. The summed E-state index contributed by atoms with van der Waals surface area (Å²) in [7, 11) is -3.82. The Balaban J connectivity index is 1.95. The number of pyridine rings is 1. The Bertz CT molecular complexity index is 1000. The minimum absolute atomic E-state index is 0.0657. The minimum atomic E-state index is -3.82. The van der Waals surface area contributed by atoms with Gasteiger partial charge >= 0.3 is 5.97 Å². The summed E-state index contributed by atoms with van der Waals surface area (Å²) in [5.74, 6) is -1.34. The van der Waals surface area contributed by atoms with Crippen LogP contribution in [0.15, 0.2) is 34.0 Å². The molecule has 0 spiro atoms. The maximum atomic E-state index is 12.8. The van der Waals surface area contributed by atoms with Crippen molar-refractivity contribution in [3.63, 3.8) is 0 Å². The standard InChI is InChI=1S/C16H18N2O6S/c1-10-8-14(19)17-13-3-2-11(9-12(10)13)25(23,24)18-6-4-16(22,5-7-18)15(20)21/h2-3,8-9,22H,4-7H2,1H3,(H,17,19)(H,20,21). The van der Waals surface area contributed by atoms with Gasteiger partial charge in [-0.25, -0.2) is 13.2 Å². The van der Waals surface area contributed by atoms with Crippen LogP contribution in [-0.4, -0.2) is 52.6 Å². The predicted octanol–water partition coefficient (Wildman–Crippen LogP) is 0.437. The molecular weight excluding hydrogens is 348 g/mol. The van der Waals surface area contributed by atoms with E-state index in [-0.39, 0.29) is 36.4 Å². The van der Waals surface area contributed by atoms with Gasteiger partial charge in [-0.15, -0.1) is 0 Å². The van der Waals surface area contributed by atoms with Crippen molar-refractivity contribution in [3.8, 4) is 0 Å². The van der Waals surface area contributed by atoms with Crippen LogP contribution >= 0.6 is 0 Å². The van der Waals surface area contributed by atoms with E-state index in [0.29, 0.717) is 16.5 Å². The molecule has 0 unspecified atom stereocenters.